The Labute approximate surface area is 152 Å². The van der Waals surface area contributed by atoms with E-state index >= 15 is 0 Å². The van der Waals surface area contributed by atoms with Gasteiger partial charge in [0.2, 0.25) is 0 Å². The summed E-state index contributed by atoms with van der Waals surface area (Å²) in [5, 5.41) is 14.4. The minimum Gasteiger partial charge on any atom is -0.360 e. The molecule has 7 nitrogen and oxygen atoms in total. The van der Waals surface area contributed by atoms with Crippen molar-refractivity contribution in [3.63, 3.8) is 0 Å². The van der Waals surface area contributed by atoms with Gasteiger partial charge in [-0.2, -0.15) is 0 Å². The zero-order chi connectivity index (χ0) is 18.7. The van der Waals surface area contributed by atoms with Crippen molar-refractivity contribution in [1.29, 1.82) is 0 Å². The lowest BCUT2D eigenvalue weighted by Crippen LogP contribution is -3.12. The Morgan fingerprint density at radius 3 is 2.38 bits per heavy atom. The second-order valence-electron chi connectivity index (χ2n) is 6.66. The number of nitro benzene ring substituents is 1. The molecule has 0 spiro atoms. The molecule has 0 saturated carbocycles. The highest BCUT2D eigenvalue weighted by molar-refractivity contribution is 5.95. The van der Waals surface area contributed by atoms with Crippen LogP contribution < -0.4 is 15.1 Å². The van der Waals surface area contributed by atoms with Crippen LogP contribution in [0.2, 0.25) is 0 Å². The number of piperazine rings is 1. The fourth-order valence-corrected chi connectivity index (χ4v) is 3.07. The molecule has 0 amide bonds. The first kappa shape index (κ1) is 17.9. The molecule has 1 heterocycles. The fourth-order valence-electron chi connectivity index (χ4n) is 3.07. The number of quaternary nitrogens is 1. The van der Waals surface area contributed by atoms with Gasteiger partial charge in [0.15, 0.2) is 5.78 Å². The van der Waals surface area contributed by atoms with Crippen molar-refractivity contribution in [2.75, 3.05) is 43.4 Å². The van der Waals surface area contributed by atoms with E-state index in [2.05, 4.69) is 17.3 Å². The van der Waals surface area contributed by atoms with Gasteiger partial charge in [-0.05, 0) is 43.3 Å². The molecule has 3 rings (SSSR count). The summed E-state index contributed by atoms with van der Waals surface area (Å²) in [5.74, 6) is -0.196. The third-order valence-corrected chi connectivity index (χ3v) is 4.73. The van der Waals surface area contributed by atoms with E-state index in [4.69, 9.17) is 0 Å². The molecular formula is C19H23N4O3+. The van der Waals surface area contributed by atoms with E-state index in [1.54, 1.807) is 17.0 Å². The molecule has 0 atom stereocenters. The maximum Gasteiger partial charge on any atom is 0.293 e. The number of carbonyl (C=O) groups excluding carboxylic acids is 1. The van der Waals surface area contributed by atoms with Crippen LogP contribution in [0.1, 0.15) is 17.3 Å². The highest BCUT2D eigenvalue weighted by Gasteiger charge is 2.18. The second-order valence-corrected chi connectivity index (χ2v) is 6.66. The minimum atomic E-state index is -0.476. The first-order valence-electron chi connectivity index (χ1n) is 8.67. The van der Waals surface area contributed by atoms with E-state index in [-0.39, 0.29) is 11.5 Å². The largest absolute Gasteiger partial charge is 0.360 e. The van der Waals surface area contributed by atoms with Crippen LogP contribution in [0.25, 0.3) is 0 Å². The zero-order valence-electron chi connectivity index (χ0n) is 15.0. The van der Waals surface area contributed by atoms with E-state index in [0.29, 0.717) is 11.3 Å². The number of nitrogens with zero attached hydrogens (tertiary/aromatic N) is 2. The van der Waals surface area contributed by atoms with E-state index in [0.717, 1.165) is 37.6 Å². The number of nitro groups is 1. The Morgan fingerprint density at radius 1 is 1.15 bits per heavy atom. The summed E-state index contributed by atoms with van der Waals surface area (Å²) in [6, 6.07) is 12.4. The molecule has 1 saturated heterocycles. The number of anilines is 3. The maximum atomic E-state index is 11.4. The molecule has 1 aliphatic rings. The molecule has 26 heavy (non-hydrogen) atoms. The van der Waals surface area contributed by atoms with Crippen LogP contribution in [0.5, 0.6) is 0 Å². The van der Waals surface area contributed by atoms with Gasteiger partial charge < -0.3 is 15.1 Å². The van der Waals surface area contributed by atoms with Crippen molar-refractivity contribution in [2.45, 2.75) is 6.92 Å². The topological polar surface area (TPSA) is 79.9 Å². The number of rotatable bonds is 5. The molecule has 1 fully saturated rings. The van der Waals surface area contributed by atoms with Gasteiger partial charge in [-0.25, -0.2) is 0 Å². The quantitative estimate of drug-likeness (QED) is 0.486. The van der Waals surface area contributed by atoms with Crippen LogP contribution in [0.3, 0.4) is 0 Å². The monoisotopic (exact) mass is 355 g/mol. The van der Waals surface area contributed by atoms with E-state index in [1.165, 1.54) is 13.0 Å². The van der Waals surface area contributed by atoms with Crippen molar-refractivity contribution in [1.82, 2.24) is 0 Å². The molecule has 0 bridgehead atoms. The van der Waals surface area contributed by atoms with Crippen LogP contribution in [0.15, 0.2) is 42.5 Å². The van der Waals surface area contributed by atoms with Crippen molar-refractivity contribution in [3.05, 3.63) is 58.1 Å². The number of carbonyl (C=O) groups is 1. The normalized spacial score (nSPS) is 14.9. The SMILES string of the molecule is CC(=O)c1ccc(Nc2ccc(N3CC[NH+](C)CC3)cc2)c([N+](=O)[O-])c1. The van der Waals surface area contributed by atoms with Gasteiger partial charge in [0.05, 0.1) is 38.2 Å². The average molecular weight is 355 g/mol. The smallest absolute Gasteiger partial charge is 0.293 e. The summed E-state index contributed by atoms with van der Waals surface area (Å²) < 4.78 is 0. The Bertz CT molecular complexity index is 812. The number of benzene rings is 2. The molecule has 2 aromatic carbocycles. The lowest BCUT2D eigenvalue weighted by atomic mass is 10.1. The molecule has 136 valence electrons. The predicted octanol–water partition coefficient (Wildman–Crippen LogP) is 1.88. The Morgan fingerprint density at radius 2 is 1.81 bits per heavy atom. The van der Waals surface area contributed by atoms with Crippen LogP contribution >= 0.6 is 0 Å². The van der Waals surface area contributed by atoms with Crippen molar-refractivity contribution < 1.29 is 14.6 Å². The molecule has 2 aromatic rings. The van der Waals surface area contributed by atoms with Gasteiger partial charge in [-0.3, -0.25) is 14.9 Å². The number of hydrogen-bond acceptors (Lipinski definition) is 5. The van der Waals surface area contributed by atoms with Gasteiger partial charge in [-0.1, -0.05) is 0 Å². The molecule has 0 unspecified atom stereocenters. The fraction of sp³-hybridized carbons (Fsp3) is 0.316. The van der Waals surface area contributed by atoms with Gasteiger partial charge >= 0.3 is 0 Å². The maximum absolute atomic E-state index is 11.4. The number of hydrogen-bond donors (Lipinski definition) is 2. The Hall–Kier alpha value is -2.93. The van der Waals surface area contributed by atoms with Crippen LogP contribution in [0, 0.1) is 10.1 Å². The van der Waals surface area contributed by atoms with E-state index in [9.17, 15) is 14.9 Å². The molecule has 0 aromatic heterocycles. The van der Waals surface area contributed by atoms with Gasteiger partial charge in [-0.15, -0.1) is 0 Å². The van der Waals surface area contributed by atoms with Crippen molar-refractivity contribution in [2.24, 2.45) is 0 Å². The minimum absolute atomic E-state index is 0.108. The summed E-state index contributed by atoms with van der Waals surface area (Å²) >= 11 is 0. The second kappa shape index (κ2) is 7.53. The lowest BCUT2D eigenvalue weighted by molar-refractivity contribution is -0.880. The Kier molecular flexibility index (Phi) is 5.18. The molecule has 2 N–H and O–H groups in total. The molecule has 0 aliphatic carbocycles. The lowest BCUT2D eigenvalue weighted by Gasteiger charge is -2.31. The Balaban J connectivity index is 1.77. The van der Waals surface area contributed by atoms with Crippen LogP contribution in [-0.4, -0.2) is 43.9 Å². The van der Waals surface area contributed by atoms with Gasteiger partial charge in [0, 0.05) is 23.0 Å². The average Bonchev–Trinajstić information content (AvgIpc) is 2.63. The zero-order valence-corrected chi connectivity index (χ0v) is 15.0. The molecule has 0 radical (unpaired) electrons. The third-order valence-electron chi connectivity index (χ3n) is 4.73. The van der Waals surface area contributed by atoms with E-state index in [1.807, 2.05) is 24.3 Å². The van der Waals surface area contributed by atoms with Crippen LogP contribution in [-0.2, 0) is 0 Å². The van der Waals surface area contributed by atoms with E-state index < -0.39 is 4.92 Å². The first-order valence-corrected chi connectivity index (χ1v) is 8.67. The highest BCUT2D eigenvalue weighted by atomic mass is 16.6. The van der Waals surface area contributed by atoms with Crippen molar-refractivity contribution in [3.8, 4) is 0 Å². The number of nitrogens with one attached hydrogen (secondary N) is 2. The highest BCUT2D eigenvalue weighted by Crippen LogP contribution is 2.29. The first-order chi connectivity index (χ1) is 12.4. The summed E-state index contributed by atoms with van der Waals surface area (Å²) in [5.41, 5.74) is 2.52. The molecular weight excluding hydrogens is 332 g/mol. The van der Waals surface area contributed by atoms with Crippen molar-refractivity contribution >= 4 is 28.5 Å². The van der Waals surface area contributed by atoms with Gasteiger partial charge in [0.25, 0.3) is 5.69 Å². The standard InChI is InChI=1S/C19H22N4O3/c1-14(24)15-3-8-18(19(13-15)23(25)26)20-16-4-6-17(7-5-16)22-11-9-21(2)10-12-22/h3-8,13,20H,9-12H2,1-2H3/p+1. The van der Waals surface area contributed by atoms with Crippen LogP contribution in [0.4, 0.5) is 22.7 Å². The summed E-state index contributed by atoms with van der Waals surface area (Å²) in [4.78, 5) is 26.2. The summed E-state index contributed by atoms with van der Waals surface area (Å²) in [7, 11) is 2.20. The number of Topliss-reactive ketones (excluding diaryl/α,β-unsaturated/α-hetero) is 1. The number of likely N-dealkylation sites (N-methyl/N-ethyl adjacent to an activating group) is 1. The molecule has 1 aliphatic heterocycles. The number of ketones is 1. The van der Waals surface area contributed by atoms with Gasteiger partial charge in [0.1, 0.15) is 5.69 Å². The predicted molar refractivity (Wildman–Crippen MR) is 102 cm³/mol. The molecule has 7 heteroatoms. The third kappa shape index (κ3) is 4.00. The summed E-state index contributed by atoms with van der Waals surface area (Å²) in [6.45, 7) is 5.68. The summed E-state index contributed by atoms with van der Waals surface area (Å²) in [6.07, 6.45) is 0.